The van der Waals surface area contributed by atoms with E-state index in [1.165, 1.54) is 19.1 Å². The molecule has 2 aromatic rings. The van der Waals surface area contributed by atoms with Crippen LogP contribution < -0.4 is 15.8 Å². The SMILES string of the molecule is Cc1nc(COc2ccc(C(=O)O[C@H](C)C(=O)NC(N)=O)cc2)cs1. The number of esters is 1. The third-order valence-electron chi connectivity index (χ3n) is 3.04. The van der Waals surface area contributed by atoms with Gasteiger partial charge in [0.1, 0.15) is 12.4 Å². The smallest absolute Gasteiger partial charge is 0.338 e. The molecule has 0 unspecified atom stereocenters. The summed E-state index contributed by atoms with van der Waals surface area (Å²) in [4.78, 5) is 38.3. The first-order chi connectivity index (χ1) is 11.8. The zero-order valence-corrected chi connectivity index (χ0v) is 14.5. The van der Waals surface area contributed by atoms with Gasteiger partial charge in [0.15, 0.2) is 6.10 Å². The third-order valence-corrected chi connectivity index (χ3v) is 3.87. The first kappa shape index (κ1) is 18.4. The van der Waals surface area contributed by atoms with Crippen LogP contribution in [-0.2, 0) is 16.1 Å². The van der Waals surface area contributed by atoms with Crippen molar-refractivity contribution in [3.63, 3.8) is 0 Å². The summed E-state index contributed by atoms with van der Waals surface area (Å²) in [7, 11) is 0. The van der Waals surface area contributed by atoms with Crippen LogP contribution in [0.2, 0.25) is 0 Å². The fraction of sp³-hybridized carbons (Fsp3) is 0.250. The molecule has 3 N–H and O–H groups in total. The minimum atomic E-state index is -1.15. The normalized spacial score (nSPS) is 11.4. The monoisotopic (exact) mass is 363 g/mol. The van der Waals surface area contributed by atoms with Crippen LogP contribution in [0, 0.1) is 6.92 Å². The van der Waals surface area contributed by atoms with E-state index in [9.17, 15) is 14.4 Å². The molecule has 0 saturated carbocycles. The number of benzene rings is 1. The van der Waals surface area contributed by atoms with Crippen molar-refractivity contribution in [2.45, 2.75) is 26.6 Å². The highest BCUT2D eigenvalue weighted by Crippen LogP contribution is 2.16. The molecule has 9 heteroatoms. The van der Waals surface area contributed by atoms with Gasteiger partial charge in [0, 0.05) is 5.38 Å². The Morgan fingerprint density at radius 2 is 1.96 bits per heavy atom. The number of hydrogen-bond donors (Lipinski definition) is 2. The van der Waals surface area contributed by atoms with Crippen LogP contribution in [0.4, 0.5) is 4.79 Å². The molecule has 0 radical (unpaired) electrons. The minimum absolute atomic E-state index is 0.246. The van der Waals surface area contributed by atoms with E-state index < -0.39 is 24.0 Å². The summed E-state index contributed by atoms with van der Waals surface area (Å²) in [6.07, 6.45) is -1.15. The Hall–Kier alpha value is -2.94. The Morgan fingerprint density at radius 1 is 1.28 bits per heavy atom. The second-order valence-corrected chi connectivity index (χ2v) is 6.13. The summed E-state index contributed by atoms with van der Waals surface area (Å²) in [6, 6.07) is 5.25. The molecule has 3 amide bonds. The van der Waals surface area contributed by atoms with Crippen LogP contribution in [0.5, 0.6) is 5.75 Å². The number of hydrogen-bond acceptors (Lipinski definition) is 7. The molecule has 1 aromatic carbocycles. The molecule has 0 fully saturated rings. The summed E-state index contributed by atoms with van der Waals surface area (Å²) >= 11 is 1.54. The second kappa shape index (κ2) is 8.25. The van der Waals surface area contributed by atoms with Crippen LogP contribution in [-0.4, -0.2) is 29.0 Å². The molecule has 2 rings (SSSR count). The molecule has 0 spiro atoms. The number of imide groups is 1. The van der Waals surface area contributed by atoms with Gasteiger partial charge in [-0.3, -0.25) is 10.1 Å². The number of aromatic nitrogens is 1. The summed E-state index contributed by atoms with van der Waals surface area (Å²) in [5, 5.41) is 4.72. The summed E-state index contributed by atoms with van der Waals surface area (Å²) in [6.45, 7) is 3.58. The van der Waals surface area contributed by atoms with Gasteiger partial charge in [0.25, 0.3) is 5.91 Å². The first-order valence-electron chi connectivity index (χ1n) is 7.30. The quantitative estimate of drug-likeness (QED) is 0.755. The third kappa shape index (κ3) is 5.57. The summed E-state index contributed by atoms with van der Waals surface area (Å²) in [5.41, 5.74) is 5.91. The molecule has 0 aliphatic rings. The van der Waals surface area contributed by atoms with E-state index in [1.807, 2.05) is 17.6 Å². The highest BCUT2D eigenvalue weighted by Gasteiger charge is 2.20. The maximum atomic E-state index is 12.0. The van der Waals surface area contributed by atoms with E-state index >= 15 is 0 Å². The molecule has 8 nitrogen and oxygen atoms in total. The Kier molecular flexibility index (Phi) is 6.07. The number of carbonyl (C=O) groups is 3. The van der Waals surface area contributed by atoms with Gasteiger partial charge >= 0.3 is 12.0 Å². The predicted molar refractivity (Wildman–Crippen MR) is 90.2 cm³/mol. The van der Waals surface area contributed by atoms with Gasteiger partial charge in [-0.2, -0.15) is 0 Å². The molecule has 0 saturated heterocycles. The number of ether oxygens (including phenoxy) is 2. The van der Waals surface area contributed by atoms with Crippen molar-refractivity contribution in [1.82, 2.24) is 10.3 Å². The summed E-state index contributed by atoms with van der Waals surface area (Å²) < 4.78 is 10.5. The maximum Gasteiger partial charge on any atom is 0.338 e. The van der Waals surface area contributed by atoms with Crippen molar-refractivity contribution in [2.75, 3.05) is 0 Å². The number of aryl methyl sites for hydroxylation is 1. The fourth-order valence-corrected chi connectivity index (χ4v) is 2.42. The van der Waals surface area contributed by atoms with Crippen LogP contribution in [0.3, 0.4) is 0 Å². The van der Waals surface area contributed by atoms with E-state index in [2.05, 4.69) is 4.98 Å². The summed E-state index contributed by atoms with van der Waals surface area (Å²) in [5.74, 6) is -0.921. The van der Waals surface area contributed by atoms with Crippen LogP contribution in [0.15, 0.2) is 29.6 Å². The first-order valence-corrected chi connectivity index (χ1v) is 8.18. The topological polar surface area (TPSA) is 121 Å². The molecule has 0 aliphatic heterocycles. The van der Waals surface area contributed by atoms with Crippen LogP contribution in [0.1, 0.15) is 28.0 Å². The number of urea groups is 1. The largest absolute Gasteiger partial charge is 0.487 e. The van der Waals surface area contributed by atoms with Gasteiger partial charge < -0.3 is 15.2 Å². The van der Waals surface area contributed by atoms with E-state index in [4.69, 9.17) is 15.2 Å². The second-order valence-electron chi connectivity index (χ2n) is 5.07. The lowest BCUT2D eigenvalue weighted by atomic mass is 10.2. The van der Waals surface area contributed by atoms with Gasteiger partial charge in [-0.25, -0.2) is 14.6 Å². The number of thiazole rings is 1. The van der Waals surface area contributed by atoms with Crippen molar-refractivity contribution < 1.29 is 23.9 Å². The number of amides is 3. The van der Waals surface area contributed by atoms with E-state index in [0.29, 0.717) is 12.4 Å². The lowest BCUT2D eigenvalue weighted by molar-refractivity contribution is -0.127. The van der Waals surface area contributed by atoms with Crippen molar-refractivity contribution >= 4 is 29.2 Å². The molecule has 1 heterocycles. The highest BCUT2D eigenvalue weighted by atomic mass is 32.1. The molecule has 0 aliphatic carbocycles. The molecule has 132 valence electrons. The number of nitrogens with two attached hydrogens (primary N) is 1. The van der Waals surface area contributed by atoms with Gasteiger partial charge in [0.05, 0.1) is 16.3 Å². The maximum absolute atomic E-state index is 12.0. The lowest BCUT2D eigenvalue weighted by Gasteiger charge is -2.12. The van der Waals surface area contributed by atoms with Crippen molar-refractivity contribution in [3.8, 4) is 5.75 Å². The number of primary amides is 1. The molecule has 1 atom stereocenters. The Bertz CT molecular complexity index is 772. The average Bonchev–Trinajstić information content (AvgIpc) is 2.98. The molecule has 25 heavy (non-hydrogen) atoms. The zero-order valence-electron chi connectivity index (χ0n) is 13.6. The Morgan fingerprint density at radius 3 is 2.52 bits per heavy atom. The lowest BCUT2D eigenvalue weighted by Crippen LogP contribution is -2.42. The fourth-order valence-electron chi connectivity index (χ4n) is 1.82. The average molecular weight is 363 g/mol. The van der Waals surface area contributed by atoms with E-state index in [0.717, 1.165) is 10.7 Å². The van der Waals surface area contributed by atoms with E-state index in [-0.39, 0.29) is 5.56 Å². The molecule has 0 bridgehead atoms. The van der Waals surface area contributed by atoms with Crippen molar-refractivity contribution in [2.24, 2.45) is 5.73 Å². The number of nitrogens with zero attached hydrogens (tertiary/aromatic N) is 1. The van der Waals surface area contributed by atoms with Crippen LogP contribution >= 0.6 is 11.3 Å². The van der Waals surface area contributed by atoms with Gasteiger partial charge in [0.2, 0.25) is 0 Å². The Labute approximate surface area is 148 Å². The van der Waals surface area contributed by atoms with Gasteiger partial charge in [-0.05, 0) is 38.1 Å². The van der Waals surface area contributed by atoms with E-state index in [1.54, 1.807) is 23.5 Å². The van der Waals surface area contributed by atoms with Crippen molar-refractivity contribution in [3.05, 3.63) is 45.9 Å². The minimum Gasteiger partial charge on any atom is -0.487 e. The Balaban J connectivity index is 1.89. The molecular weight excluding hydrogens is 346 g/mol. The molecular formula is C16H17N3O5S. The van der Waals surface area contributed by atoms with Crippen LogP contribution in [0.25, 0.3) is 0 Å². The zero-order chi connectivity index (χ0) is 18.4. The van der Waals surface area contributed by atoms with Gasteiger partial charge in [-0.15, -0.1) is 11.3 Å². The highest BCUT2D eigenvalue weighted by molar-refractivity contribution is 7.09. The number of nitrogens with one attached hydrogen (secondary N) is 1. The van der Waals surface area contributed by atoms with Crippen molar-refractivity contribution in [1.29, 1.82) is 0 Å². The standard InChI is InChI=1S/C16H17N3O5S/c1-9(14(20)19-16(17)22)24-15(21)11-3-5-13(6-4-11)23-7-12-8-25-10(2)18-12/h3-6,8-9H,7H2,1-2H3,(H3,17,19,20,22)/t9-/m1/s1. The predicted octanol–water partition coefficient (Wildman–Crippen LogP) is 1.77. The van der Waals surface area contributed by atoms with Gasteiger partial charge in [-0.1, -0.05) is 0 Å². The number of carbonyl (C=O) groups excluding carboxylic acids is 3. The number of rotatable bonds is 6. The molecule has 1 aromatic heterocycles.